The van der Waals surface area contributed by atoms with Crippen LogP contribution in [-0.2, 0) is 16.4 Å². The molecule has 0 bridgehead atoms. The van der Waals surface area contributed by atoms with E-state index in [-0.39, 0.29) is 11.7 Å². The highest BCUT2D eigenvalue weighted by molar-refractivity contribution is 7.89. The predicted molar refractivity (Wildman–Crippen MR) is 104 cm³/mol. The summed E-state index contributed by atoms with van der Waals surface area (Å²) in [7, 11) is -3.67. The number of nitrogens with one attached hydrogen (secondary N) is 1. The minimum Gasteiger partial charge on any atom is -0.454 e. The molecule has 8 nitrogen and oxygen atoms in total. The van der Waals surface area contributed by atoms with Gasteiger partial charge in [-0.2, -0.15) is 0 Å². The van der Waals surface area contributed by atoms with Gasteiger partial charge in [0.05, 0.1) is 10.6 Å². The van der Waals surface area contributed by atoms with Crippen molar-refractivity contribution in [3.63, 3.8) is 0 Å². The highest BCUT2D eigenvalue weighted by Crippen LogP contribution is 2.35. The van der Waals surface area contributed by atoms with E-state index in [9.17, 15) is 8.42 Å². The van der Waals surface area contributed by atoms with Crippen LogP contribution in [0.25, 0.3) is 11.3 Å². The van der Waals surface area contributed by atoms with Crippen LogP contribution in [0, 0.1) is 0 Å². The van der Waals surface area contributed by atoms with E-state index in [0.717, 1.165) is 22.6 Å². The average molecular weight is 398 g/mol. The molecule has 0 radical (unpaired) electrons. The zero-order chi connectivity index (χ0) is 19.6. The van der Waals surface area contributed by atoms with E-state index in [0.29, 0.717) is 24.7 Å². The SMILES string of the molecule is NS(=O)(=O)c1ccc(CCNc2nccc(-c3ccc4c(c3)OCO4)n2)cc1. The number of anilines is 1. The van der Waals surface area contributed by atoms with E-state index in [1.807, 2.05) is 24.3 Å². The Labute approximate surface area is 162 Å². The number of hydrogen-bond donors (Lipinski definition) is 2. The molecule has 144 valence electrons. The predicted octanol–water partition coefficient (Wildman–Crippen LogP) is 2.17. The van der Waals surface area contributed by atoms with Crippen LogP contribution < -0.4 is 19.9 Å². The van der Waals surface area contributed by atoms with Crippen LogP contribution >= 0.6 is 0 Å². The van der Waals surface area contributed by atoms with Gasteiger partial charge < -0.3 is 14.8 Å². The Kier molecular flexibility index (Phi) is 4.84. The number of rotatable bonds is 6. The average Bonchev–Trinajstić information content (AvgIpc) is 3.16. The molecular weight excluding hydrogens is 380 g/mol. The van der Waals surface area contributed by atoms with Gasteiger partial charge in [-0.05, 0) is 48.4 Å². The van der Waals surface area contributed by atoms with E-state index in [2.05, 4.69) is 15.3 Å². The number of hydrogen-bond acceptors (Lipinski definition) is 7. The summed E-state index contributed by atoms with van der Waals surface area (Å²) in [5, 5.41) is 8.28. The normalized spacial score (nSPS) is 12.8. The van der Waals surface area contributed by atoms with E-state index in [1.54, 1.807) is 18.3 Å². The summed E-state index contributed by atoms with van der Waals surface area (Å²) in [5.41, 5.74) is 2.66. The molecule has 0 unspecified atom stereocenters. The van der Waals surface area contributed by atoms with Crippen LogP contribution in [0.15, 0.2) is 59.6 Å². The summed E-state index contributed by atoms with van der Waals surface area (Å²) < 4.78 is 33.3. The fourth-order valence-corrected chi connectivity index (χ4v) is 3.34. The highest BCUT2D eigenvalue weighted by Gasteiger charge is 2.14. The van der Waals surface area contributed by atoms with E-state index in [4.69, 9.17) is 14.6 Å². The number of aromatic nitrogens is 2. The molecule has 9 heteroatoms. The lowest BCUT2D eigenvalue weighted by atomic mass is 10.1. The van der Waals surface area contributed by atoms with Crippen molar-refractivity contribution in [1.29, 1.82) is 0 Å². The Bertz CT molecular complexity index is 1100. The lowest BCUT2D eigenvalue weighted by Crippen LogP contribution is -2.12. The Balaban J connectivity index is 1.40. The molecule has 28 heavy (non-hydrogen) atoms. The van der Waals surface area contributed by atoms with Crippen LogP contribution in [0.2, 0.25) is 0 Å². The molecule has 0 aliphatic carbocycles. The van der Waals surface area contributed by atoms with Gasteiger partial charge in [0.2, 0.25) is 22.8 Å². The summed E-state index contributed by atoms with van der Waals surface area (Å²) >= 11 is 0. The molecule has 0 saturated carbocycles. The van der Waals surface area contributed by atoms with E-state index in [1.165, 1.54) is 12.1 Å². The Hall–Kier alpha value is -3.17. The second-order valence-electron chi connectivity index (χ2n) is 6.20. The van der Waals surface area contributed by atoms with Crippen LogP contribution in [0.4, 0.5) is 5.95 Å². The number of ether oxygens (including phenoxy) is 2. The molecule has 0 atom stereocenters. The van der Waals surface area contributed by atoms with Crippen molar-refractivity contribution >= 4 is 16.0 Å². The van der Waals surface area contributed by atoms with Gasteiger partial charge in [-0.25, -0.2) is 23.5 Å². The molecule has 2 aromatic carbocycles. The van der Waals surface area contributed by atoms with Gasteiger partial charge in [0, 0.05) is 18.3 Å². The quantitative estimate of drug-likeness (QED) is 0.653. The zero-order valence-electron chi connectivity index (χ0n) is 14.8. The monoisotopic (exact) mass is 398 g/mol. The molecule has 0 fully saturated rings. The Morgan fingerprint density at radius 1 is 1.04 bits per heavy atom. The maximum atomic E-state index is 11.3. The van der Waals surface area contributed by atoms with Crippen molar-refractivity contribution in [2.24, 2.45) is 5.14 Å². The lowest BCUT2D eigenvalue weighted by molar-refractivity contribution is 0.174. The summed E-state index contributed by atoms with van der Waals surface area (Å²) in [6.07, 6.45) is 2.37. The topological polar surface area (TPSA) is 116 Å². The lowest BCUT2D eigenvalue weighted by Gasteiger charge is -2.08. The zero-order valence-corrected chi connectivity index (χ0v) is 15.6. The van der Waals surface area contributed by atoms with Crippen LogP contribution in [-0.4, -0.2) is 31.7 Å². The first-order valence-corrected chi connectivity index (χ1v) is 10.1. The first-order valence-electron chi connectivity index (χ1n) is 8.58. The summed E-state index contributed by atoms with van der Waals surface area (Å²) in [4.78, 5) is 8.87. The third-order valence-corrected chi connectivity index (χ3v) is 5.20. The number of benzene rings is 2. The maximum absolute atomic E-state index is 11.3. The molecule has 3 N–H and O–H groups in total. The number of sulfonamides is 1. The second-order valence-corrected chi connectivity index (χ2v) is 7.76. The number of nitrogens with zero attached hydrogens (tertiary/aromatic N) is 2. The van der Waals surface area contributed by atoms with Crippen molar-refractivity contribution in [2.75, 3.05) is 18.7 Å². The fourth-order valence-electron chi connectivity index (χ4n) is 2.82. The Morgan fingerprint density at radius 2 is 1.82 bits per heavy atom. The van der Waals surface area contributed by atoms with E-state index < -0.39 is 10.0 Å². The van der Waals surface area contributed by atoms with Crippen molar-refractivity contribution in [1.82, 2.24) is 9.97 Å². The standard InChI is InChI=1S/C19H18N4O4S/c20-28(24,25)15-4-1-13(2-5-15)7-9-21-19-22-10-8-16(23-19)14-3-6-17-18(11-14)27-12-26-17/h1-6,8,10-11H,7,9,12H2,(H2,20,24,25)(H,21,22,23). The van der Waals surface area contributed by atoms with Gasteiger partial charge in [-0.1, -0.05) is 12.1 Å². The van der Waals surface area contributed by atoms with Gasteiger partial charge in [0.15, 0.2) is 11.5 Å². The number of nitrogens with two attached hydrogens (primary N) is 1. The first-order chi connectivity index (χ1) is 13.5. The van der Waals surface area contributed by atoms with Crippen molar-refractivity contribution < 1.29 is 17.9 Å². The minimum atomic E-state index is -3.67. The number of fused-ring (bicyclic) bond motifs is 1. The molecule has 4 rings (SSSR count). The maximum Gasteiger partial charge on any atom is 0.238 e. The molecule has 0 spiro atoms. The molecule has 1 aliphatic rings. The highest BCUT2D eigenvalue weighted by atomic mass is 32.2. The smallest absolute Gasteiger partial charge is 0.238 e. The summed E-state index contributed by atoms with van der Waals surface area (Å²) in [5.74, 6) is 1.94. The summed E-state index contributed by atoms with van der Waals surface area (Å²) in [6.45, 7) is 0.826. The molecule has 2 heterocycles. The number of primary sulfonamides is 1. The van der Waals surface area contributed by atoms with Gasteiger partial charge in [0.1, 0.15) is 0 Å². The van der Waals surface area contributed by atoms with Crippen LogP contribution in [0.5, 0.6) is 11.5 Å². The molecule has 1 aliphatic heterocycles. The van der Waals surface area contributed by atoms with Gasteiger partial charge >= 0.3 is 0 Å². The van der Waals surface area contributed by atoms with Crippen LogP contribution in [0.1, 0.15) is 5.56 Å². The summed E-state index contributed by atoms with van der Waals surface area (Å²) in [6, 6.07) is 14.0. The van der Waals surface area contributed by atoms with Gasteiger partial charge in [0.25, 0.3) is 0 Å². The van der Waals surface area contributed by atoms with Crippen molar-refractivity contribution in [3.8, 4) is 22.8 Å². The minimum absolute atomic E-state index is 0.101. The molecule has 0 amide bonds. The van der Waals surface area contributed by atoms with E-state index >= 15 is 0 Å². The molecular formula is C19H18N4O4S. The van der Waals surface area contributed by atoms with Crippen molar-refractivity contribution in [3.05, 3.63) is 60.3 Å². The third-order valence-electron chi connectivity index (χ3n) is 4.27. The largest absolute Gasteiger partial charge is 0.454 e. The molecule has 1 aromatic heterocycles. The molecule has 0 saturated heterocycles. The third kappa shape index (κ3) is 4.05. The molecule has 3 aromatic rings. The fraction of sp³-hybridized carbons (Fsp3) is 0.158. The van der Waals surface area contributed by atoms with Gasteiger partial charge in [-0.15, -0.1) is 0 Å². The van der Waals surface area contributed by atoms with Crippen molar-refractivity contribution in [2.45, 2.75) is 11.3 Å². The first kappa shape index (κ1) is 18.2. The second kappa shape index (κ2) is 7.45. The van der Waals surface area contributed by atoms with Crippen LogP contribution in [0.3, 0.4) is 0 Å². The Morgan fingerprint density at radius 3 is 2.61 bits per heavy atom. The van der Waals surface area contributed by atoms with Gasteiger partial charge in [-0.3, -0.25) is 0 Å².